The summed E-state index contributed by atoms with van der Waals surface area (Å²) < 4.78 is 1.35. The van der Waals surface area contributed by atoms with Gasteiger partial charge in [-0.1, -0.05) is 36.7 Å². The summed E-state index contributed by atoms with van der Waals surface area (Å²) >= 11 is 26.6. The molecule has 0 aliphatic rings. The van der Waals surface area contributed by atoms with Crippen LogP contribution in [0.3, 0.4) is 0 Å². The van der Waals surface area contributed by atoms with Gasteiger partial charge in [0.25, 0.3) is 0 Å². The van der Waals surface area contributed by atoms with E-state index in [1.165, 1.54) is 0 Å². The molecule has 0 radical (unpaired) electrons. The van der Waals surface area contributed by atoms with Crippen molar-refractivity contribution in [1.29, 1.82) is 0 Å². The monoisotopic (exact) mass is 331 g/mol. The largest absolute Gasteiger partial charge is 0.370 e. The molecule has 0 spiro atoms. The molecule has 0 rings (SSSR count). The average Bonchev–Trinajstić information content (AvgIpc) is 2.14. The second-order valence-corrected chi connectivity index (χ2v) is 6.08. The first-order valence-electron chi connectivity index (χ1n) is 4.36. The van der Waals surface area contributed by atoms with Crippen molar-refractivity contribution in [2.75, 3.05) is 26.2 Å². The summed E-state index contributed by atoms with van der Waals surface area (Å²) in [5.74, 6) is 0. The molecule has 0 saturated heterocycles. The first kappa shape index (κ1) is 16.9. The molecule has 0 aliphatic carbocycles. The highest BCUT2D eigenvalue weighted by atomic mass is 32.1. The highest BCUT2D eigenvalue weighted by molar-refractivity contribution is 8.13. The van der Waals surface area contributed by atoms with Gasteiger partial charge in [0.15, 0.2) is 0 Å². The van der Waals surface area contributed by atoms with E-state index in [2.05, 4.69) is 48.5 Å². The Morgan fingerprint density at radius 3 is 1.94 bits per heavy atom. The Balaban J connectivity index is 3.60. The lowest BCUT2D eigenvalue weighted by atomic mass is 10.5. The van der Waals surface area contributed by atoms with E-state index in [0.29, 0.717) is 19.5 Å². The van der Waals surface area contributed by atoms with Gasteiger partial charge in [0, 0.05) is 26.2 Å². The second-order valence-electron chi connectivity index (χ2n) is 2.70. The third kappa shape index (κ3) is 8.97. The van der Waals surface area contributed by atoms with Gasteiger partial charge in [-0.25, -0.2) is 0 Å². The van der Waals surface area contributed by atoms with Gasteiger partial charge in [-0.05, 0) is 0 Å². The number of nitrogens with one attached hydrogen (secondary N) is 2. The summed E-state index contributed by atoms with van der Waals surface area (Å²) in [5, 5.41) is 6.11. The summed E-state index contributed by atoms with van der Waals surface area (Å²) in [6.45, 7) is 2.91. The molecule has 0 fully saturated rings. The summed E-state index contributed by atoms with van der Waals surface area (Å²) in [6.07, 6.45) is 0. The van der Waals surface area contributed by atoms with Crippen molar-refractivity contribution in [3.8, 4) is 0 Å². The van der Waals surface area contributed by atoms with Crippen LogP contribution in [-0.4, -0.2) is 44.0 Å². The van der Waals surface area contributed by atoms with Crippen molar-refractivity contribution in [2.24, 2.45) is 0 Å². The molecular formula is C7H13N3S6. The normalized spacial score (nSPS) is 9.69. The number of hydrogen-bond donors (Lipinski definition) is 5. The number of thiol groups is 3. The molecule has 0 unspecified atom stereocenters. The lowest BCUT2D eigenvalue weighted by molar-refractivity contribution is 0.576. The van der Waals surface area contributed by atoms with Crippen LogP contribution in [0.5, 0.6) is 0 Å². The summed E-state index contributed by atoms with van der Waals surface area (Å²) in [5.41, 5.74) is 0. The molecule has 0 aromatic carbocycles. The van der Waals surface area contributed by atoms with Gasteiger partial charge in [-0.3, -0.25) is 0 Å². The highest BCUT2D eigenvalue weighted by Gasteiger charge is 2.07. The van der Waals surface area contributed by atoms with E-state index in [4.69, 9.17) is 36.7 Å². The second kappa shape index (κ2) is 9.86. The number of nitrogens with zero attached hydrogens (tertiary/aromatic N) is 1. The maximum absolute atomic E-state index is 4.91. The van der Waals surface area contributed by atoms with Gasteiger partial charge < -0.3 is 15.5 Å². The van der Waals surface area contributed by atoms with Gasteiger partial charge in [0.05, 0.1) is 0 Å². The van der Waals surface area contributed by atoms with E-state index < -0.39 is 0 Å². The number of hydrogen-bond acceptors (Lipinski definition) is 4. The lowest BCUT2D eigenvalue weighted by Gasteiger charge is -2.20. The van der Waals surface area contributed by atoms with Gasteiger partial charge in [0.2, 0.25) is 0 Å². The molecule has 0 heterocycles. The van der Waals surface area contributed by atoms with Crippen LogP contribution < -0.4 is 10.6 Å². The minimum atomic E-state index is 0.427. The summed E-state index contributed by atoms with van der Waals surface area (Å²) in [4.78, 5) is 1.67. The molecule has 0 aromatic heterocycles. The van der Waals surface area contributed by atoms with Crippen LogP contribution in [0.25, 0.3) is 0 Å². The number of rotatable bonds is 6. The Morgan fingerprint density at radius 2 is 1.50 bits per heavy atom. The van der Waals surface area contributed by atoms with Crippen molar-refractivity contribution in [3.05, 3.63) is 0 Å². The first-order valence-corrected chi connectivity index (χ1v) is 6.92. The Bertz CT molecular complexity index is 255. The molecule has 0 amide bonds. The molecule has 0 atom stereocenters. The third-order valence-corrected chi connectivity index (χ3v) is 2.78. The van der Waals surface area contributed by atoms with Gasteiger partial charge >= 0.3 is 0 Å². The summed E-state index contributed by atoms with van der Waals surface area (Å²) in [7, 11) is 0. The third-order valence-electron chi connectivity index (χ3n) is 1.55. The fourth-order valence-corrected chi connectivity index (χ4v) is 2.10. The topological polar surface area (TPSA) is 27.3 Å². The fourth-order valence-electron chi connectivity index (χ4n) is 0.847. The number of thiocarbonyl (C=S) groups is 3. The Labute approximate surface area is 128 Å². The molecule has 16 heavy (non-hydrogen) atoms. The fraction of sp³-hybridized carbons (Fsp3) is 0.571. The zero-order valence-corrected chi connectivity index (χ0v) is 13.5. The Kier molecular flexibility index (Phi) is 10.4. The molecule has 0 aromatic rings. The standard InChI is InChI=1S/C7H13N3S6/c11-5(12)9-2-1-8-3-4-10(6(13)14)7(15)16/h8H,1-4H2,(H,13,14)(H,15,16)(H2,9,11,12). The molecule has 0 aliphatic heterocycles. The van der Waals surface area contributed by atoms with Crippen LogP contribution in [-0.2, 0) is 0 Å². The van der Waals surface area contributed by atoms with Crippen LogP contribution in [0.15, 0.2) is 0 Å². The minimum Gasteiger partial charge on any atom is -0.370 e. The molecule has 0 saturated carbocycles. The predicted molar refractivity (Wildman–Crippen MR) is 92.3 cm³/mol. The van der Waals surface area contributed by atoms with Gasteiger partial charge in [0.1, 0.15) is 13.0 Å². The molecule has 92 valence electrons. The van der Waals surface area contributed by atoms with Crippen LogP contribution >= 0.6 is 74.5 Å². The van der Waals surface area contributed by atoms with Crippen LogP contribution in [0, 0.1) is 0 Å². The van der Waals surface area contributed by atoms with E-state index in [0.717, 1.165) is 19.6 Å². The maximum Gasteiger partial charge on any atom is 0.138 e. The zero-order valence-electron chi connectivity index (χ0n) is 8.34. The van der Waals surface area contributed by atoms with Crippen LogP contribution in [0.4, 0.5) is 0 Å². The van der Waals surface area contributed by atoms with Crippen molar-refractivity contribution in [3.63, 3.8) is 0 Å². The zero-order chi connectivity index (χ0) is 12.6. The van der Waals surface area contributed by atoms with Crippen molar-refractivity contribution in [2.45, 2.75) is 0 Å². The molecule has 3 nitrogen and oxygen atoms in total. The predicted octanol–water partition coefficient (Wildman–Crippen LogP) is 1.11. The smallest absolute Gasteiger partial charge is 0.138 e. The maximum atomic E-state index is 4.91. The Hall–Kier alpha value is 0.880. The molecular weight excluding hydrogens is 318 g/mol. The molecule has 2 N–H and O–H groups in total. The van der Waals surface area contributed by atoms with Crippen LogP contribution in [0.2, 0.25) is 0 Å². The van der Waals surface area contributed by atoms with Gasteiger partial charge in [-0.2, -0.15) is 0 Å². The van der Waals surface area contributed by atoms with E-state index in [-0.39, 0.29) is 0 Å². The average molecular weight is 332 g/mol. The highest BCUT2D eigenvalue weighted by Crippen LogP contribution is 2.01. The van der Waals surface area contributed by atoms with E-state index in [1.54, 1.807) is 4.90 Å². The van der Waals surface area contributed by atoms with E-state index in [1.807, 2.05) is 0 Å². The lowest BCUT2D eigenvalue weighted by Crippen LogP contribution is -2.37. The molecule has 9 heteroatoms. The van der Waals surface area contributed by atoms with Crippen molar-refractivity contribution >= 4 is 87.5 Å². The van der Waals surface area contributed by atoms with Gasteiger partial charge in [-0.15, -0.1) is 37.9 Å². The van der Waals surface area contributed by atoms with E-state index >= 15 is 0 Å². The minimum absolute atomic E-state index is 0.427. The van der Waals surface area contributed by atoms with Crippen molar-refractivity contribution < 1.29 is 0 Å². The first-order chi connectivity index (χ1) is 7.45. The van der Waals surface area contributed by atoms with E-state index in [9.17, 15) is 0 Å². The quantitative estimate of drug-likeness (QED) is 0.284. The molecule has 0 bridgehead atoms. The van der Waals surface area contributed by atoms with Crippen LogP contribution in [0.1, 0.15) is 0 Å². The SMILES string of the molecule is S=C(S)NCCNCCN(C(=S)S)C(=S)S. The summed E-state index contributed by atoms with van der Waals surface area (Å²) in [6, 6.07) is 0. The Morgan fingerprint density at radius 1 is 0.938 bits per heavy atom. The van der Waals surface area contributed by atoms with Crippen molar-refractivity contribution in [1.82, 2.24) is 15.5 Å².